The van der Waals surface area contributed by atoms with E-state index < -0.39 is 10.9 Å². The molecule has 19 heavy (non-hydrogen) atoms. The molecule has 0 atom stereocenters. The summed E-state index contributed by atoms with van der Waals surface area (Å²) in [5.74, 6) is -0.211. The third kappa shape index (κ3) is 2.73. The highest BCUT2D eigenvalue weighted by Crippen LogP contribution is 2.34. The number of esters is 1. The topological polar surface area (TPSA) is 78.7 Å². The van der Waals surface area contributed by atoms with E-state index in [2.05, 4.69) is 0 Å². The minimum absolute atomic E-state index is 0.0983. The van der Waals surface area contributed by atoms with Gasteiger partial charge in [-0.1, -0.05) is 12.1 Å². The summed E-state index contributed by atoms with van der Waals surface area (Å²) in [6, 6.07) is 4.61. The van der Waals surface area contributed by atoms with E-state index in [1.54, 1.807) is 25.1 Å². The summed E-state index contributed by atoms with van der Waals surface area (Å²) in [6.07, 6.45) is 1.96. The van der Waals surface area contributed by atoms with Crippen LogP contribution in [0.25, 0.3) is 6.08 Å². The van der Waals surface area contributed by atoms with Crippen molar-refractivity contribution >= 4 is 17.7 Å². The van der Waals surface area contributed by atoms with Crippen molar-refractivity contribution in [2.24, 2.45) is 0 Å². The van der Waals surface area contributed by atoms with E-state index in [1.807, 2.05) is 0 Å². The number of nitrogens with zero attached hydrogens (tertiary/aromatic N) is 1. The number of nitro groups is 1. The predicted octanol–water partition coefficient (Wildman–Crippen LogP) is 2.32. The summed E-state index contributed by atoms with van der Waals surface area (Å²) in [4.78, 5) is 22.1. The maximum atomic E-state index is 11.7. The van der Waals surface area contributed by atoms with Gasteiger partial charge in [-0.3, -0.25) is 10.1 Å². The minimum atomic E-state index is -0.498. The summed E-state index contributed by atoms with van der Waals surface area (Å²) in [5.41, 5.74) is 0.884. The normalized spacial score (nSPS) is 13.6. The number of fused-ring (bicyclic) bond motifs is 1. The van der Waals surface area contributed by atoms with Crippen LogP contribution < -0.4 is 4.74 Å². The smallest absolute Gasteiger partial charge is 0.334 e. The SMILES string of the molecule is CCOC(=O)C1=Cc2cccc([N+](=O)[O-])c2OCC1. The van der Waals surface area contributed by atoms with Crippen LogP contribution in [0.15, 0.2) is 23.8 Å². The lowest BCUT2D eigenvalue weighted by molar-refractivity contribution is -0.385. The number of hydrogen-bond donors (Lipinski definition) is 0. The second-order valence-corrected chi connectivity index (χ2v) is 3.94. The Morgan fingerprint density at radius 3 is 3.00 bits per heavy atom. The van der Waals surface area contributed by atoms with Crippen LogP contribution in [0.4, 0.5) is 5.69 Å². The summed E-state index contributed by atoms with van der Waals surface area (Å²) in [5, 5.41) is 10.9. The third-order valence-electron chi connectivity index (χ3n) is 2.71. The number of hydrogen-bond acceptors (Lipinski definition) is 5. The van der Waals surface area contributed by atoms with Crippen LogP contribution in [0.5, 0.6) is 5.75 Å². The lowest BCUT2D eigenvalue weighted by Gasteiger charge is -2.05. The van der Waals surface area contributed by atoms with Gasteiger partial charge in [-0.2, -0.15) is 0 Å². The van der Waals surface area contributed by atoms with E-state index in [9.17, 15) is 14.9 Å². The van der Waals surface area contributed by atoms with Crippen molar-refractivity contribution < 1.29 is 19.2 Å². The number of benzene rings is 1. The fourth-order valence-corrected chi connectivity index (χ4v) is 1.86. The van der Waals surface area contributed by atoms with Crippen LogP contribution in [0.2, 0.25) is 0 Å². The zero-order valence-electron chi connectivity index (χ0n) is 10.4. The fraction of sp³-hybridized carbons (Fsp3) is 0.308. The molecule has 1 aliphatic rings. The highest BCUT2D eigenvalue weighted by molar-refractivity contribution is 5.94. The van der Waals surface area contributed by atoms with Gasteiger partial charge in [0.1, 0.15) is 0 Å². The summed E-state index contributed by atoms with van der Waals surface area (Å²) in [6.45, 7) is 2.23. The van der Waals surface area contributed by atoms with Crippen molar-refractivity contribution in [3.63, 3.8) is 0 Å². The predicted molar refractivity (Wildman–Crippen MR) is 67.8 cm³/mol. The Balaban J connectivity index is 2.42. The molecule has 1 aliphatic heterocycles. The molecule has 100 valence electrons. The Bertz CT molecular complexity index is 550. The maximum Gasteiger partial charge on any atom is 0.334 e. The molecule has 0 saturated heterocycles. The molecule has 0 aliphatic carbocycles. The summed E-state index contributed by atoms with van der Waals surface area (Å²) < 4.78 is 10.3. The summed E-state index contributed by atoms with van der Waals surface area (Å²) in [7, 11) is 0. The lowest BCUT2D eigenvalue weighted by Crippen LogP contribution is -2.09. The molecule has 0 spiro atoms. The maximum absolute atomic E-state index is 11.7. The molecule has 1 heterocycles. The van der Waals surface area contributed by atoms with Crippen LogP contribution in [-0.2, 0) is 9.53 Å². The van der Waals surface area contributed by atoms with Crippen LogP contribution in [0, 0.1) is 10.1 Å². The van der Waals surface area contributed by atoms with E-state index in [1.165, 1.54) is 6.07 Å². The molecule has 0 N–H and O–H groups in total. The van der Waals surface area contributed by atoms with Crippen molar-refractivity contribution in [3.8, 4) is 5.75 Å². The Morgan fingerprint density at radius 2 is 2.32 bits per heavy atom. The van der Waals surface area contributed by atoms with Crippen molar-refractivity contribution in [2.45, 2.75) is 13.3 Å². The van der Waals surface area contributed by atoms with E-state index >= 15 is 0 Å². The minimum Gasteiger partial charge on any atom is -0.486 e. The molecule has 1 aromatic rings. The van der Waals surface area contributed by atoms with Crippen LogP contribution in [0.1, 0.15) is 18.9 Å². The highest BCUT2D eigenvalue weighted by Gasteiger charge is 2.22. The zero-order chi connectivity index (χ0) is 13.8. The second-order valence-electron chi connectivity index (χ2n) is 3.94. The Kier molecular flexibility index (Phi) is 3.79. The number of carbonyl (C=O) groups excluding carboxylic acids is 1. The molecule has 0 aromatic heterocycles. The first-order valence-corrected chi connectivity index (χ1v) is 5.91. The number of nitro benzene ring substituents is 1. The Morgan fingerprint density at radius 1 is 1.53 bits per heavy atom. The number of ether oxygens (including phenoxy) is 2. The van der Waals surface area contributed by atoms with Gasteiger partial charge in [-0.05, 0) is 13.0 Å². The van der Waals surface area contributed by atoms with Gasteiger partial charge in [-0.15, -0.1) is 0 Å². The van der Waals surface area contributed by atoms with E-state index in [4.69, 9.17) is 9.47 Å². The molecule has 0 amide bonds. The molecule has 0 radical (unpaired) electrons. The monoisotopic (exact) mass is 263 g/mol. The fourth-order valence-electron chi connectivity index (χ4n) is 1.86. The first kappa shape index (κ1) is 13.1. The molecular formula is C13H13NO5. The molecule has 0 unspecified atom stereocenters. The molecule has 0 bridgehead atoms. The van der Waals surface area contributed by atoms with Gasteiger partial charge in [0.25, 0.3) is 0 Å². The molecule has 1 aromatic carbocycles. The van der Waals surface area contributed by atoms with Crippen LogP contribution in [-0.4, -0.2) is 24.1 Å². The Hall–Kier alpha value is -2.37. The van der Waals surface area contributed by atoms with Gasteiger partial charge in [0.2, 0.25) is 5.75 Å². The molecule has 6 heteroatoms. The molecular weight excluding hydrogens is 250 g/mol. The van der Waals surface area contributed by atoms with Gasteiger partial charge in [0.15, 0.2) is 0 Å². The standard InChI is InChI=1S/C13H13NO5/c1-2-18-13(15)10-6-7-19-12-9(8-10)4-3-5-11(12)14(16)17/h3-5,8H,2,6-7H2,1H3. The number of para-hydroxylation sites is 1. The van der Waals surface area contributed by atoms with E-state index in [-0.39, 0.29) is 18.0 Å². The van der Waals surface area contributed by atoms with Gasteiger partial charge in [0, 0.05) is 23.6 Å². The average Bonchev–Trinajstić information content (AvgIpc) is 2.60. The van der Waals surface area contributed by atoms with Gasteiger partial charge in [0.05, 0.1) is 18.1 Å². The van der Waals surface area contributed by atoms with Gasteiger partial charge >= 0.3 is 11.7 Å². The van der Waals surface area contributed by atoms with Crippen molar-refractivity contribution in [1.82, 2.24) is 0 Å². The zero-order valence-corrected chi connectivity index (χ0v) is 10.4. The summed E-state index contributed by atoms with van der Waals surface area (Å²) >= 11 is 0. The first-order chi connectivity index (χ1) is 9.13. The van der Waals surface area contributed by atoms with Crippen molar-refractivity contribution in [3.05, 3.63) is 39.4 Å². The second kappa shape index (κ2) is 5.51. The molecule has 0 saturated carbocycles. The third-order valence-corrected chi connectivity index (χ3v) is 2.71. The quantitative estimate of drug-likeness (QED) is 0.475. The van der Waals surface area contributed by atoms with Crippen LogP contribution in [0.3, 0.4) is 0 Å². The Labute approximate surface area is 109 Å². The number of carbonyl (C=O) groups is 1. The molecule has 2 rings (SSSR count). The van der Waals surface area contributed by atoms with Crippen molar-refractivity contribution in [2.75, 3.05) is 13.2 Å². The van der Waals surface area contributed by atoms with Crippen molar-refractivity contribution in [1.29, 1.82) is 0 Å². The van der Waals surface area contributed by atoms with E-state index in [0.29, 0.717) is 24.2 Å². The largest absolute Gasteiger partial charge is 0.486 e. The average molecular weight is 263 g/mol. The molecule has 6 nitrogen and oxygen atoms in total. The highest BCUT2D eigenvalue weighted by atomic mass is 16.6. The van der Waals surface area contributed by atoms with Gasteiger partial charge < -0.3 is 9.47 Å². The van der Waals surface area contributed by atoms with Crippen LogP contribution >= 0.6 is 0 Å². The first-order valence-electron chi connectivity index (χ1n) is 5.91. The van der Waals surface area contributed by atoms with Gasteiger partial charge in [-0.25, -0.2) is 4.79 Å². The molecule has 0 fully saturated rings. The van der Waals surface area contributed by atoms with E-state index in [0.717, 1.165) is 0 Å². The lowest BCUT2D eigenvalue weighted by atomic mass is 10.1. The number of rotatable bonds is 3.